The number of non-ortho nitro benzene ring substituents is 1. The molecule has 2 aromatic rings. The van der Waals surface area contributed by atoms with E-state index in [1.165, 1.54) is 24.3 Å². The number of anilines is 1. The van der Waals surface area contributed by atoms with Crippen LogP contribution in [0.3, 0.4) is 0 Å². The molecule has 0 bridgehead atoms. The molecule has 0 aliphatic rings. The molecule has 0 fully saturated rings. The van der Waals surface area contributed by atoms with Crippen LogP contribution in [0.25, 0.3) is 0 Å². The standard InChI is InChI=1S/C15H12ClFN4O4S/c16-12-6-9(17)4-5-13(12)25-8-14(22)19-20-15(26)18-10-2-1-3-11(7-10)21(23)24/h1-7H,8H2,(H,19,22)(H2,18,20,26). The first-order valence-electron chi connectivity index (χ1n) is 7.03. The molecule has 0 spiro atoms. The lowest BCUT2D eigenvalue weighted by Crippen LogP contribution is -2.45. The van der Waals surface area contributed by atoms with Gasteiger partial charge in [-0.15, -0.1) is 0 Å². The average Bonchev–Trinajstić information content (AvgIpc) is 2.59. The van der Waals surface area contributed by atoms with Crippen LogP contribution >= 0.6 is 23.8 Å². The lowest BCUT2D eigenvalue weighted by Gasteiger charge is -2.12. The molecular weight excluding hydrogens is 387 g/mol. The predicted octanol–water partition coefficient (Wildman–Crippen LogP) is 2.78. The lowest BCUT2D eigenvalue weighted by atomic mass is 10.3. The summed E-state index contributed by atoms with van der Waals surface area (Å²) < 4.78 is 18.1. The number of hydrogen-bond acceptors (Lipinski definition) is 5. The number of nitrogens with one attached hydrogen (secondary N) is 3. The second-order valence-corrected chi connectivity index (χ2v) is 5.61. The van der Waals surface area contributed by atoms with Crippen molar-refractivity contribution in [2.24, 2.45) is 0 Å². The minimum atomic E-state index is -0.575. The normalized spacial score (nSPS) is 9.92. The summed E-state index contributed by atoms with van der Waals surface area (Å²) in [5.74, 6) is -0.944. The molecule has 0 aliphatic heterocycles. The SMILES string of the molecule is O=C(COc1ccc(F)cc1Cl)NNC(=S)Nc1cccc([N+](=O)[O-])c1. The molecule has 136 valence electrons. The molecule has 8 nitrogen and oxygen atoms in total. The van der Waals surface area contributed by atoms with Gasteiger partial charge < -0.3 is 10.1 Å². The number of hydrogen-bond donors (Lipinski definition) is 3. The van der Waals surface area contributed by atoms with Gasteiger partial charge in [0.2, 0.25) is 0 Å². The van der Waals surface area contributed by atoms with Crippen molar-refractivity contribution in [2.75, 3.05) is 11.9 Å². The summed E-state index contributed by atoms with van der Waals surface area (Å²) in [6.07, 6.45) is 0. The summed E-state index contributed by atoms with van der Waals surface area (Å²) in [6, 6.07) is 9.19. The first-order chi connectivity index (χ1) is 12.3. The first kappa shape index (κ1) is 19.3. The molecule has 0 atom stereocenters. The van der Waals surface area contributed by atoms with Crippen molar-refractivity contribution >= 4 is 46.2 Å². The number of benzene rings is 2. The zero-order valence-electron chi connectivity index (χ0n) is 13.0. The molecule has 0 radical (unpaired) electrons. The van der Waals surface area contributed by atoms with E-state index in [4.69, 9.17) is 28.6 Å². The first-order valence-corrected chi connectivity index (χ1v) is 7.82. The van der Waals surface area contributed by atoms with Crippen molar-refractivity contribution in [3.05, 3.63) is 63.4 Å². The zero-order chi connectivity index (χ0) is 19.1. The number of hydrazine groups is 1. The minimum Gasteiger partial charge on any atom is -0.482 e. The third-order valence-electron chi connectivity index (χ3n) is 2.88. The van der Waals surface area contributed by atoms with Crippen molar-refractivity contribution in [1.29, 1.82) is 0 Å². The molecule has 2 aromatic carbocycles. The summed E-state index contributed by atoms with van der Waals surface area (Å²) >= 11 is 10.7. The highest BCUT2D eigenvalue weighted by Crippen LogP contribution is 2.24. The molecule has 1 amide bonds. The van der Waals surface area contributed by atoms with Crippen molar-refractivity contribution in [2.45, 2.75) is 0 Å². The van der Waals surface area contributed by atoms with E-state index in [0.29, 0.717) is 5.69 Å². The number of nitro benzene ring substituents is 1. The van der Waals surface area contributed by atoms with Crippen LogP contribution in [0.2, 0.25) is 5.02 Å². The van der Waals surface area contributed by atoms with Crippen molar-refractivity contribution < 1.29 is 18.8 Å². The van der Waals surface area contributed by atoms with Gasteiger partial charge in [-0.25, -0.2) is 4.39 Å². The van der Waals surface area contributed by atoms with Gasteiger partial charge in [0, 0.05) is 17.8 Å². The zero-order valence-corrected chi connectivity index (χ0v) is 14.6. The largest absolute Gasteiger partial charge is 0.482 e. The second-order valence-electron chi connectivity index (χ2n) is 4.80. The smallest absolute Gasteiger partial charge is 0.276 e. The highest BCUT2D eigenvalue weighted by Gasteiger charge is 2.09. The average molecular weight is 399 g/mol. The topological polar surface area (TPSA) is 106 Å². The van der Waals surface area contributed by atoms with Crippen LogP contribution in [0.4, 0.5) is 15.8 Å². The summed E-state index contributed by atoms with van der Waals surface area (Å²) in [7, 11) is 0. The molecule has 0 aliphatic carbocycles. The van der Waals surface area contributed by atoms with E-state index in [9.17, 15) is 19.3 Å². The van der Waals surface area contributed by atoms with Gasteiger partial charge in [-0.2, -0.15) is 0 Å². The van der Waals surface area contributed by atoms with Gasteiger partial charge in [0.15, 0.2) is 11.7 Å². The van der Waals surface area contributed by atoms with E-state index in [0.717, 1.165) is 12.1 Å². The van der Waals surface area contributed by atoms with Crippen LogP contribution in [0, 0.1) is 15.9 Å². The maximum absolute atomic E-state index is 12.9. The molecule has 0 heterocycles. The molecule has 0 aromatic heterocycles. The maximum atomic E-state index is 12.9. The third kappa shape index (κ3) is 5.83. The summed E-state index contributed by atoms with van der Waals surface area (Å²) in [5, 5.41) is 13.4. The molecule has 0 saturated carbocycles. The molecule has 3 N–H and O–H groups in total. The number of nitrogens with zero attached hydrogens (tertiary/aromatic N) is 1. The van der Waals surface area contributed by atoms with Gasteiger partial charge in [0.25, 0.3) is 11.6 Å². The van der Waals surface area contributed by atoms with E-state index in [-0.39, 0.29) is 21.6 Å². The van der Waals surface area contributed by atoms with Gasteiger partial charge in [-0.05, 0) is 36.5 Å². The fourth-order valence-electron chi connectivity index (χ4n) is 1.76. The van der Waals surface area contributed by atoms with E-state index in [2.05, 4.69) is 16.2 Å². The molecule has 2 rings (SSSR count). The summed E-state index contributed by atoms with van der Waals surface area (Å²) in [5.41, 5.74) is 4.96. The Morgan fingerprint density at radius 3 is 2.73 bits per heavy atom. The molecule has 0 unspecified atom stereocenters. The number of nitro groups is 1. The second kappa shape index (κ2) is 8.92. The Kier molecular flexibility index (Phi) is 6.64. The summed E-state index contributed by atoms with van der Waals surface area (Å²) in [4.78, 5) is 21.9. The Morgan fingerprint density at radius 2 is 2.04 bits per heavy atom. The number of carbonyl (C=O) groups is 1. The van der Waals surface area contributed by atoms with Crippen LogP contribution in [-0.4, -0.2) is 22.5 Å². The monoisotopic (exact) mass is 398 g/mol. The molecule has 0 saturated heterocycles. The van der Waals surface area contributed by atoms with Gasteiger partial charge in [0.1, 0.15) is 11.6 Å². The Labute approximate surface area is 157 Å². The van der Waals surface area contributed by atoms with Crippen molar-refractivity contribution in [1.82, 2.24) is 10.9 Å². The van der Waals surface area contributed by atoms with E-state index in [1.54, 1.807) is 6.07 Å². The number of halogens is 2. The number of rotatable bonds is 5. The Bertz CT molecular complexity index is 852. The van der Waals surface area contributed by atoms with Gasteiger partial charge >= 0.3 is 0 Å². The Balaban J connectivity index is 1.78. The van der Waals surface area contributed by atoms with E-state index >= 15 is 0 Å². The van der Waals surface area contributed by atoms with Crippen LogP contribution in [-0.2, 0) is 4.79 Å². The Morgan fingerprint density at radius 1 is 1.27 bits per heavy atom. The summed E-state index contributed by atoms with van der Waals surface area (Å²) in [6.45, 7) is -0.391. The number of amides is 1. The van der Waals surface area contributed by atoms with Gasteiger partial charge in [0.05, 0.1) is 9.95 Å². The van der Waals surface area contributed by atoms with Crippen LogP contribution in [0.1, 0.15) is 0 Å². The molecule has 26 heavy (non-hydrogen) atoms. The Hall–Kier alpha value is -2.98. The highest BCUT2D eigenvalue weighted by molar-refractivity contribution is 7.80. The third-order valence-corrected chi connectivity index (χ3v) is 3.38. The fourth-order valence-corrected chi connectivity index (χ4v) is 2.15. The number of carbonyl (C=O) groups excluding carboxylic acids is 1. The predicted molar refractivity (Wildman–Crippen MR) is 97.5 cm³/mol. The highest BCUT2D eigenvalue weighted by atomic mass is 35.5. The van der Waals surface area contributed by atoms with Crippen LogP contribution in [0.15, 0.2) is 42.5 Å². The fraction of sp³-hybridized carbons (Fsp3) is 0.0667. The van der Waals surface area contributed by atoms with Crippen molar-refractivity contribution in [3.63, 3.8) is 0 Å². The van der Waals surface area contributed by atoms with E-state index in [1.807, 2.05) is 0 Å². The van der Waals surface area contributed by atoms with Crippen molar-refractivity contribution in [3.8, 4) is 5.75 Å². The van der Waals surface area contributed by atoms with Crippen LogP contribution in [0.5, 0.6) is 5.75 Å². The number of thiocarbonyl (C=S) groups is 1. The molecular formula is C15H12ClFN4O4S. The van der Waals surface area contributed by atoms with Gasteiger partial charge in [-0.1, -0.05) is 17.7 Å². The number of ether oxygens (including phenoxy) is 1. The lowest BCUT2D eigenvalue weighted by molar-refractivity contribution is -0.384. The minimum absolute atomic E-state index is 0.0127. The van der Waals surface area contributed by atoms with Gasteiger partial charge in [-0.3, -0.25) is 25.8 Å². The molecule has 11 heteroatoms. The van der Waals surface area contributed by atoms with E-state index < -0.39 is 23.3 Å². The van der Waals surface area contributed by atoms with Crippen LogP contribution < -0.4 is 20.9 Å². The maximum Gasteiger partial charge on any atom is 0.276 e. The quantitative estimate of drug-likeness (QED) is 0.404.